The summed E-state index contributed by atoms with van der Waals surface area (Å²) < 4.78 is 6.61. The van der Waals surface area contributed by atoms with Gasteiger partial charge in [-0.15, -0.1) is 0 Å². The third-order valence-electron chi connectivity index (χ3n) is 3.23. The first-order valence-electron chi connectivity index (χ1n) is 6.94. The fourth-order valence-corrected chi connectivity index (χ4v) is 1.95. The molecule has 1 unspecified atom stereocenters. The van der Waals surface area contributed by atoms with Gasteiger partial charge in [-0.05, 0) is 32.0 Å². The Labute approximate surface area is 127 Å². The zero-order valence-electron chi connectivity index (χ0n) is 12.5. The summed E-state index contributed by atoms with van der Waals surface area (Å²) in [4.78, 5) is 23.3. The fraction of sp³-hybridized carbons (Fsp3) is 0.333. The van der Waals surface area contributed by atoms with E-state index in [9.17, 15) is 14.7 Å². The van der Waals surface area contributed by atoms with Crippen molar-refractivity contribution in [2.45, 2.75) is 26.0 Å². The van der Waals surface area contributed by atoms with Gasteiger partial charge in [0.2, 0.25) is 0 Å². The van der Waals surface area contributed by atoms with Crippen molar-refractivity contribution >= 4 is 11.7 Å². The van der Waals surface area contributed by atoms with Crippen molar-refractivity contribution in [2.75, 3.05) is 11.9 Å². The zero-order valence-corrected chi connectivity index (χ0v) is 12.5. The normalized spacial score (nSPS) is 13.4. The Morgan fingerprint density at radius 1 is 1.41 bits per heavy atom. The van der Waals surface area contributed by atoms with Gasteiger partial charge in [-0.3, -0.25) is 4.79 Å². The summed E-state index contributed by atoms with van der Waals surface area (Å²) in [5, 5.41) is 15.4. The second kappa shape index (κ2) is 6.48. The number of pyridine rings is 1. The third-order valence-corrected chi connectivity index (χ3v) is 3.23. The molecule has 0 aliphatic heterocycles. The number of carbonyl (C=O) groups is 1. The van der Waals surface area contributed by atoms with Crippen LogP contribution < -0.4 is 16.2 Å². The number of hydrogen-bond donors (Lipinski definition) is 3. The Balaban J connectivity index is 1.95. The van der Waals surface area contributed by atoms with Crippen LogP contribution in [0, 0.1) is 0 Å². The molecule has 22 heavy (non-hydrogen) atoms. The zero-order chi connectivity index (χ0) is 16.2. The summed E-state index contributed by atoms with van der Waals surface area (Å²) in [5.41, 5.74) is -0.936. The van der Waals surface area contributed by atoms with Gasteiger partial charge in [-0.2, -0.15) is 0 Å². The van der Waals surface area contributed by atoms with Crippen molar-refractivity contribution in [1.29, 1.82) is 0 Å². The maximum absolute atomic E-state index is 11.9. The Morgan fingerprint density at radius 2 is 2.18 bits per heavy atom. The quantitative estimate of drug-likeness (QED) is 0.779. The second-order valence-corrected chi connectivity index (χ2v) is 5.10. The Hall–Kier alpha value is -2.54. The molecule has 0 aliphatic carbocycles. The Bertz CT molecular complexity index is 689. The number of nitrogens with one attached hydrogen (secondary N) is 2. The average Bonchev–Trinajstić information content (AvgIpc) is 3.02. The summed E-state index contributed by atoms with van der Waals surface area (Å²) in [5.74, 6) is 0.368. The number of aryl methyl sites for hydroxylation is 1. The number of aromatic nitrogens is 1. The lowest BCUT2D eigenvalue weighted by Gasteiger charge is -2.21. The molecule has 2 amide bonds. The molecule has 3 N–H and O–H groups in total. The number of urea groups is 1. The fourth-order valence-electron chi connectivity index (χ4n) is 1.95. The van der Waals surface area contributed by atoms with E-state index < -0.39 is 11.6 Å². The molecular formula is C15H19N3O4. The van der Waals surface area contributed by atoms with Gasteiger partial charge in [0.1, 0.15) is 11.4 Å². The van der Waals surface area contributed by atoms with E-state index in [0.717, 1.165) is 0 Å². The molecule has 7 nitrogen and oxygen atoms in total. The van der Waals surface area contributed by atoms with E-state index in [1.807, 2.05) is 6.92 Å². The molecular weight excluding hydrogens is 286 g/mol. The Kier molecular flexibility index (Phi) is 4.67. The van der Waals surface area contributed by atoms with Crippen LogP contribution in [0.3, 0.4) is 0 Å². The molecule has 0 spiro atoms. The number of amides is 2. The summed E-state index contributed by atoms with van der Waals surface area (Å²) in [7, 11) is 0. The lowest BCUT2D eigenvalue weighted by molar-refractivity contribution is 0.0372. The molecule has 2 aromatic rings. The highest BCUT2D eigenvalue weighted by molar-refractivity contribution is 5.89. The number of aliphatic hydroxyl groups is 1. The van der Waals surface area contributed by atoms with Crippen molar-refractivity contribution in [1.82, 2.24) is 9.88 Å². The predicted octanol–water partition coefficient (Wildman–Crippen LogP) is 1.49. The van der Waals surface area contributed by atoms with Gasteiger partial charge in [0.15, 0.2) is 0 Å². The van der Waals surface area contributed by atoms with Gasteiger partial charge in [0.25, 0.3) is 5.56 Å². The summed E-state index contributed by atoms with van der Waals surface area (Å²) in [6.45, 7) is 3.89. The molecule has 0 saturated heterocycles. The van der Waals surface area contributed by atoms with Crippen molar-refractivity contribution < 1.29 is 14.3 Å². The van der Waals surface area contributed by atoms with E-state index in [0.29, 0.717) is 18.0 Å². The Morgan fingerprint density at radius 3 is 2.82 bits per heavy atom. The summed E-state index contributed by atoms with van der Waals surface area (Å²) in [6, 6.07) is 5.74. The van der Waals surface area contributed by atoms with Crippen LogP contribution in [0.1, 0.15) is 19.6 Å². The molecule has 0 radical (unpaired) electrons. The van der Waals surface area contributed by atoms with Crippen LogP contribution >= 0.6 is 0 Å². The van der Waals surface area contributed by atoms with Crippen LogP contribution in [0.5, 0.6) is 0 Å². The molecule has 1 atom stereocenters. The van der Waals surface area contributed by atoms with E-state index in [-0.39, 0.29) is 12.1 Å². The lowest BCUT2D eigenvalue weighted by atomic mass is 10.0. The van der Waals surface area contributed by atoms with E-state index in [2.05, 4.69) is 10.6 Å². The maximum Gasteiger partial charge on any atom is 0.319 e. The highest BCUT2D eigenvalue weighted by Gasteiger charge is 2.26. The second-order valence-electron chi connectivity index (χ2n) is 5.10. The molecule has 0 saturated carbocycles. The predicted molar refractivity (Wildman–Crippen MR) is 81.7 cm³/mol. The third kappa shape index (κ3) is 3.76. The first-order valence-corrected chi connectivity index (χ1v) is 6.94. The number of carbonyl (C=O) groups excluding carboxylic acids is 1. The highest BCUT2D eigenvalue weighted by Crippen LogP contribution is 2.19. The molecule has 2 aromatic heterocycles. The number of hydrogen-bond acceptors (Lipinski definition) is 4. The van der Waals surface area contributed by atoms with Crippen LogP contribution in [0.15, 0.2) is 45.9 Å². The van der Waals surface area contributed by atoms with Gasteiger partial charge in [-0.1, -0.05) is 0 Å². The van der Waals surface area contributed by atoms with Crippen molar-refractivity contribution in [2.24, 2.45) is 0 Å². The maximum atomic E-state index is 11.9. The molecule has 0 aliphatic rings. The first kappa shape index (κ1) is 15.8. The monoisotopic (exact) mass is 305 g/mol. The van der Waals surface area contributed by atoms with E-state index >= 15 is 0 Å². The first-order chi connectivity index (χ1) is 10.4. The molecule has 7 heteroatoms. The van der Waals surface area contributed by atoms with Gasteiger partial charge < -0.3 is 24.7 Å². The highest BCUT2D eigenvalue weighted by atomic mass is 16.4. The molecule has 2 rings (SSSR count). The smallest absolute Gasteiger partial charge is 0.319 e. The van der Waals surface area contributed by atoms with Crippen LogP contribution in [-0.2, 0) is 12.1 Å². The van der Waals surface area contributed by atoms with Crippen LogP contribution in [0.2, 0.25) is 0 Å². The lowest BCUT2D eigenvalue weighted by Crippen LogP contribution is -2.40. The van der Waals surface area contributed by atoms with Crippen LogP contribution in [0.25, 0.3) is 0 Å². The molecule has 0 aromatic carbocycles. The standard InChI is InChI=1S/C15H19N3O4/c1-3-18-9-11(6-7-13(18)19)17-14(20)16-10-15(2,21)12-5-4-8-22-12/h4-9,21H,3,10H2,1-2H3,(H2,16,17,20). The topological polar surface area (TPSA) is 96.5 Å². The number of furan rings is 1. The molecule has 118 valence electrons. The summed E-state index contributed by atoms with van der Waals surface area (Å²) in [6.07, 6.45) is 3.02. The minimum Gasteiger partial charge on any atom is -0.466 e. The van der Waals surface area contributed by atoms with E-state index in [1.54, 1.807) is 25.3 Å². The molecule has 2 heterocycles. The van der Waals surface area contributed by atoms with Gasteiger partial charge >= 0.3 is 6.03 Å². The minimum atomic E-state index is -1.30. The van der Waals surface area contributed by atoms with Gasteiger partial charge in [0, 0.05) is 18.8 Å². The van der Waals surface area contributed by atoms with E-state index in [1.165, 1.54) is 23.0 Å². The molecule has 0 bridgehead atoms. The van der Waals surface area contributed by atoms with Crippen LogP contribution in [0.4, 0.5) is 10.5 Å². The van der Waals surface area contributed by atoms with Crippen molar-refractivity contribution in [3.05, 3.63) is 52.8 Å². The average molecular weight is 305 g/mol. The van der Waals surface area contributed by atoms with Gasteiger partial charge in [-0.25, -0.2) is 4.79 Å². The van der Waals surface area contributed by atoms with Gasteiger partial charge in [0.05, 0.1) is 18.5 Å². The molecule has 0 fully saturated rings. The van der Waals surface area contributed by atoms with E-state index in [4.69, 9.17) is 4.42 Å². The number of anilines is 1. The minimum absolute atomic E-state index is 0.0141. The number of rotatable bonds is 5. The number of nitrogens with zero attached hydrogens (tertiary/aromatic N) is 1. The van der Waals surface area contributed by atoms with Crippen LogP contribution in [-0.4, -0.2) is 22.2 Å². The SMILES string of the molecule is CCn1cc(NC(=O)NCC(C)(O)c2ccco2)ccc1=O. The van der Waals surface area contributed by atoms with Crippen molar-refractivity contribution in [3.8, 4) is 0 Å². The van der Waals surface area contributed by atoms with Crippen molar-refractivity contribution in [3.63, 3.8) is 0 Å². The largest absolute Gasteiger partial charge is 0.466 e. The summed E-state index contributed by atoms with van der Waals surface area (Å²) >= 11 is 0.